The van der Waals surface area contributed by atoms with E-state index in [0.29, 0.717) is 41.9 Å². The summed E-state index contributed by atoms with van der Waals surface area (Å²) in [6.45, 7) is 3.51. The number of hydrogen-bond acceptors (Lipinski definition) is 10. The number of azo groups is 1. The van der Waals surface area contributed by atoms with E-state index >= 15 is 0 Å². The SMILES string of the molecule is Cc1cc(S(=O)(=O)O)c2nc(-c3ccc(N=Nc4ccc(-c5nc6c(S(=O)(=O)O)cc(C)cc6s5)cc4)cc3)sc2c1. The van der Waals surface area contributed by atoms with Crippen LogP contribution in [0.1, 0.15) is 11.1 Å². The van der Waals surface area contributed by atoms with Crippen LogP contribution in [0.2, 0.25) is 0 Å². The number of thiazole rings is 2. The third-order valence-corrected chi connectivity index (χ3v) is 10.1. The Morgan fingerprint density at radius 2 is 0.952 bits per heavy atom. The molecule has 0 unspecified atom stereocenters. The molecule has 0 aliphatic heterocycles. The van der Waals surface area contributed by atoms with Gasteiger partial charge in [0.1, 0.15) is 30.8 Å². The minimum absolute atomic E-state index is 0.211. The molecule has 6 rings (SSSR count). The summed E-state index contributed by atoms with van der Waals surface area (Å²) in [5, 5.41) is 9.78. The molecule has 10 nitrogen and oxygen atoms in total. The molecule has 0 radical (unpaired) electrons. The van der Waals surface area contributed by atoms with Gasteiger partial charge in [-0.15, -0.1) is 22.7 Å². The molecular formula is C28H20N4O6S4. The topological polar surface area (TPSA) is 159 Å². The first kappa shape index (κ1) is 28.2. The second-order valence-corrected chi connectivity index (χ2v) is 14.3. The quantitative estimate of drug-likeness (QED) is 0.139. The highest BCUT2D eigenvalue weighted by Gasteiger charge is 2.20. The minimum Gasteiger partial charge on any atom is -0.282 e. The highest BCUT2D eigenvalue weighted by atomic mass is 32.2. The molecular weight excluding hydrogens is 617 g/mol. The van der Waals surface area contributed by atoms with Crippen LogP contribution in [0.3, 0.4) is 0 Å². The number of nitrogens with zero attached hydrogens (tertiary/aromatic N) is 4. The van der Waals surface area contributed by atoms with E-state index in [4.69, 9.17) is 0 Å². The predicted octanol–water partition coefficient (Wildman–Crippen LogP) is 7.77. The highest BCUT2D eigenvalue weighted by molar-refractivity contribution is 7.86. The van der Waals surface area contributed by atoms with E-state index in [0.717, 1.165) is 11.1 Å². The molecule has 14 heteroatoms. The zero-order chi connectivity index (χ0) is 29.8. The zero-order valence-corrected chi connectivity index (χ0v) is 25.1. The molecule has 6 aromatic rings. The van der Waals surface area contributed by atoms with Crippen LogP contribution in [0, 0.1) is 13.8 Å². The number of fused-ring (bicyclic) bond motifs is 2. The lowest BCUT2D eigenvalue weighted by molar-refractivity contribution is 0.481. The molecule has 4 aromatic carbocycles. The van der Waals surface area contributed by atoms with Gasteiger partial charge in [0.15, 0.2) is 0 Å². The van der Waals surface area contributed by atoms with Crippen molar-refractivity contribution >= 4 is 74.7 Å². The molecule has 42 heavy (non-hydrogen) atoms. The van der Waals surface area contributed by atoms with Crippen molar-refractivity contribution in [1.82, 2.24) is 9.97 Å². The van der Waals surface area contributed by atoms with Gasteiger partial charge in [-0.3, -0.25) is 9.11 Å². The van der Waals surface area contributed by atoms with Crippen molar-refractivity contribution < 1.29 is 25.9 Å². The molecule has 2 heterocycles. The molecule has 0 aliphatic carbocycles. The van der Waals surface area contributed by atoms with Crippen molar-refractivity contribution in [1.29, 1.82) is 0 Å². The van der Waals surface area contributed by atoms with Gasteiger partial charge in [0.25, 0.3) is 20.2 Å². The Labute approximate surface area is 248 Å². The van der Waals surface area contributed by atoms with Crippen LogP contribution in [0.15, 0.2) is 92.8 Å². The second kappa shape index (κ2) is 10.4. The molecule has 0 bridgehead atoms. The van der Waals surface area contributed by atoms with Crippen LogP contribution in [0.4, 0.5) is 11.4 Å². The lowest BCUT2D eigenvalue weighted by atomic mass is 10.2. The highest BCUT2D eigenvalue weighted by Crippen LogP contribution is 2.36. The first-order valence-corrected chi connectivity index (χ1v) is 16.8. The zero-order valence-electron chi connectivity index (χ0n) is 21.9. The van der Waals surface area contributed by atoms with E-state index in [1.807, 2.05) is 36.4 Å². The summed E-state index contributed by atoms with van der Waals surface area (Å²) in [4.78, 5) is 8.50. The van der Waals surface area contributed by atoms with Gasteiger partial charge in [0, 0.05) is 11.1 Å². The molecule has 0 spiro atoms. The van der Waals surface area contributed by atoms with Gasteiger partial charge in [-0.2, -0.15) is 27.1 Å². The van der Waals surface area contributed by atoms with E-state index in [-0.39, 0.29) is 20.8 Å². The van der Waals surface area contributed by atoms with Crippen molar-refractivity contribution in [2.75, 3.05) is 0 Å². The summed E-state index contributed by atoms with van der Waals surface area (Å²) < 4.78 is 67.9. The van der Waals surface area contributed by atoms with Crippen LogP contribution in [-0.2, 0) is 20.2 Å². The Bertz CT molecular complexity index is 2090. The van der Waals surface area contributed by atoms with Gasteiger partial charge in [-0.1, -0.05) is 0 Å². The molecule has 0 amide bonds. The number of aryl methyl sites for hydroxylation is 2. The minimum atomic E-state index is -4.41. The van der Waals surface area contributed by atoms with Crippen LogP contribution >= 0.6 is 22.7 Å². The largest absolute Gasteiger partial charge is 0.296 e. The Balaban J connectivity index is 1.22. The standard InChI is InChI=1S/C28H20N4O6S4/c1-15-11-21-25(23(13-15)41(33,34)35)29-27(39-21)17-3-7-19(8-4-17)31-32-20-9-5-18(6-10-20)28-30-26-22(40-28)12-16(2)14-24(26)42(36,37)38/h3-14H,1-2H3,(H,33,34,35)(H,36,37,38). The Morgan fingerprint density at radius 3 is 1.29 bits per heavy atom. The maximum atomic E-state index is 11.8. The first-order valence-electron chi connectivity index (χ1n) is 12.3. The fourth-order valence-electron chi connectivity index (χ4n) is 4.36. The molecule has 0 aliphatic rings. The van der Waals surface area contributed by atoms with Crippen molar-refractivity contribution in [3.63, 3.8) is 0 Å². The van der Waals surface area contributed by atoms with Gasteiger partial charge >= 0.3 is 0 Å². The predicted molar refractivity (Wildman–Crippen MR) is 163 cm³/mol. The van der Waals surface area contributed by atoms with Crippen molar-refractivity contribution in [2.24, 2.45) is 10.2 Å². The molecule has 0 saturated heterocycles. The Morgan fingerprint density at radius 1 is 0.595 bits per heavy atom. The monoisotopic (exact) mass is 636 g/mol. The molecule has 0 atom stereocenters. The maximum Gasteiger partial charge on any atom is 0.296 e. The van der Waals surface area contributed by atoms with E-state index in [2.05, 4.69) is 20.2 Å². The second-order valence-electron chi connectivity index (χ2n) is 9.50. The first-order chi connectivity index (χ1) is 19.8. The average molecular weight is 637 g/mol. The molecule has 2 aromatic heterocycles. The molecule has 2 N–H and O–H groups in total. The van der Waals surface area contributed by atoms with E-state index in [9.17, 15) is 25.9 Å². The van der Waals surface area contributed by atoms with Crippen LogP contribution < -0.4 is 0 Å². The van der Waals surface area contributed by atoms with E-state index in [1.54, 1.807) is 38.1 Å². The third kappa shape index (κ3) is 5.60. The van der Waals surface area contributed by atoms with Gasteiger partial charge in [-0.25, -0.2) is 9.97 Å². The molecule has 0 fully saturated rings. The number of hydrogen-bond donors (Lipinski definition) is 2. The number of aromatic nitrogens is 2. The van der Waals surface area contributed by atoms with Crippen molar-refractivity contribution in [3.05, 3.63) is 83.9 Å². The maximum absolute atomic E-state index is 11.8. The number of rotatable bonds is 6. The van der Waals surface area contributed by atoms with Gasteiger partial charge in [-0.05, 0) is 97.8 Å². The summed E-state index contributed by atoms with van der Waals surface area (Å²) in [6.07, 6.45) is 0. The van der Waals surface area contributed by atoms with E-state index < -0.39 is 20.2 Å². The van der Waals surface area contributed by atoms with Crippen molar-refractivity contribution in [3.8, 4) is 21.1 Å². The summed E-state index contributed by atoms with van der Waals surface area (Å²) >= 11 is 2.65. The summed E-state index contributed by atoms with van der Waals surface area (Å²) in [5.41, 5.74) is 4.59. The van der Waals surface area contributed by atoms with Gasteiger partial charge in [0.05, 0.1) is 20.8 Å². The van der Waals surface area contributed by atoms with Gasteiger partial charge in [0.2, 0.25) is 0 Å². The smallest absolute Gasteiger partial charge is 0.282 e. The van der Waals surface area contributed by atoms with E-state index in [1.165, 1.54) is 34.8 Å². The molecule has 212 valence electrons. The average Bonchev–Trinajstić information content (AvgIpc) is 3.55. The van der Waals surface area contributed by atoms with Gasteiger partial charge < -0.3 is 0 Å². The summed E-state index contributed by atoms with van der Waals surface area (Å²) in [7, 11) is -8.82. The Kier molecular flexibility index (Phi) is 7.00. The lowest BCUT2D eigenvalue weighted by Crippen LogP contribution is -1.99. The summed E-state index contributed by atoms with van der Waals surface area (Å²) in [6, 6.07) is 20.8. The Hall–Kier alpha value is -3.92. The van der Waals surface area contributed by atoms with Crippen LogP contribution in [0.25, 0.3) is 41.6 Å². The summed E-state index contributed by atoms with van der Waals surface area (Å²) in [5.74, 6) is 0. The number of benzene rings is 4. The van der Waals surface area contributed by atoms with Crippen LogP contribution in [-0.4, -0.2) is 35.9 Å². The fraction of sp³-hybridized carbons (Fsp3) is 0.0714. The third-order valence-electron chi connectivity index (χ3n) is 6.27. The van der Waals surface area contributed by atoms with Crippen LogP contribution in [0.5, 0.6) is 0 Å². The molecule has 0 saturated carbocycles. The van der Waals surface area contributed by atoms with Crippen molar-refractivity contribution in [2.45, 2.75) is 23.6 Å². The lowest BCUT2D eigenvalue weighted by Gasteiger charge is -2.00. The fourth-order valence-corrected chi connectivity index (χ4v) is 8.15. The normalized spacial score (nSPS) is 12.6.